The first-order valence-electron chi connectivity index (χ1n) is 4.83. The van der Waals surface area contributed by atoms with Gasteiger partial charge in [0.15, 0.2) is 0 Å². The highest BCUT2D eigenvalue weighted by molar-refractivity contribution is 4.85. The molecule has 2 saturated heterocycles. The quantitative estimate of drug-likeness (QED) is 0.542. The van der Waals surface area contributed by atoms with Crippen LogP contribution in [0.2, 0.25) is 0 Å². The molecular weight excluding hydrogens is 136 g/mol. The molecule has 0 aromatic heterocycles. The van der Waals surface area contributed by atoms with Crippen LogP contribution in [0.3, 0.4) is 0 Å². The van der Waals surface area contributed by atoms with E-state index in [0.29, 0.717) is 6.17 Å². The number of nitrogens with one attached hydrogen (secondary N) is 2. The number of rotatable bonds is 0. The normalized spacial score (nSPS) is 45.0. The van der Waals surface area contributed by atoms with Crippen LogP contribution in [0, 0.1) is 11.8 Å². The minimum absolute atomic E-state index is 0.639. The summed E-state index contributed by atoms with van der Waals surface area (Å²) in [5.41, 5.74) is 0. The third-order valence-corrected chi connectivity index (χ3v) is 2.98. The molecule has 2 heterocycles. The Bertz CT molecular complexity index is 136. The van der Waals surface area contributed by atoms with Crippen molar-refractivity contribution in [3.8, 4) is 0 Å². The van der Waals surface area contributed by atoms with Crippen LogP contribution in [-0.2, 0) is 0 Å². The molecule has 0 spiro atoms. The molecule has 2 heteroatoms. The second kappa shape index (κ2) is 3.11. The molecule has 2 aliphatic rings. The first kappa shape index (κ1) is 7.56. The van der Waals surface area contributed by atoms with Gasteiger partial charge in [0, 0.05) is 0 Å². The van der Waals surface area contributed by atoms with Crippen LogP contribution in [0.25, 0.3) is 0 Å². The van der Waals surface area contributed by atoms with Crippen LogP contribution >= 0.6 is 0 Å². The van der Waals surface area contributed by atoms with E-state index in [4.69, 9.17) is 0 Å². The largest absolute Gasteiger partial charge is 0.302 e. The predicted octanol–water partition coefficient (Wildman–Crippen LogP) is 0.941. The molecule has 2 aliphatic heterocycles. The van der Waals surface area contributed by atoms with Crippen molar-refractivity contribution in [1.29, 1.82) is 0 Å². The van der Waals surface area contributed by atoms with Crippen LogP contribution in [0.1, 0.15) is 26.2 Å². The van der Waals surface area contributed by atoms with Gasteiger partial charge in [-0.2, -0.15) is 0 Å². The second-order valence-electron chi connectivity index (χ2n) is 4.08. The Balaban J connectivity index is 1.93. The lowest BCUT2D eigenvalue weighted by molar-refractivity contribution is 0.158. The van der Waals surface area contributed by atoms with Gasteiger partial charge in [0.25, 0.3) is 0 Å². The summed E-state index contributed by atoms with van der Waals surface area (Å²) in [4.78, 5) is 0. The van der Waals surface area contributed by atoms with Crippen molar-refractivity contribution in [3.05, 3.63) is 0 Å². The highest BCUT2D eigenvalue weighted by Gasteiger charge is 2.29. The minimum Gasteiger partial charge on any atom is -0.302 e. The lowest BCUT2D eigenvalue weighted by Crippen LogP contribution is -2.55. The summed E-state index contributed by atoms with van der Waals surface area (Å²) in [7, 11) is 0. The number of piperidine rings is 2. The molecule has 2 N–H and O–H groups in total. The molecule has 0 aliphatic carbocycles. The van der Waals surface area contributed by atoms with Gasteiger partial charge in [-0.05, 0) is 44.2 Å². The molecule has 3 unspecified atom stereocenters. The molecule has 2 nitrogen and oxygen atoms in total. The molecule has 0 saturated carbocycles. The summed E-state index contributed by atoms with van der Waals surface area (Å²) in [6.07, 6.45) is 4.86. The van der Waals surface area contributed by atoms with E-state index >= 15 is 0 Å². The highest BCUT2D eigenvalue weighted by Crippen LogP contribution is 2.25. The maximum Gasteiger partial charge on any atom is 0.0600 e. The van der Waals surface area contributed by atoms with Gasteiger partial charge in [-0.3, -0.25) is 0 Å². The summed E-state index contributed by atoms with van der Waals surface area (Å²) in [5.74, 6) is 1.80. The molecule has 64 valence electrons. The Morgan fingerprint density at radius 1 is 1.27 bits per heavy atom. The Morgan fingerprint density at radius 3 is 3.09 bits per heavy atom. The van der Waals surface area contributed by atoms with Crippen LogP contribution in [0.5, 0.6) is 0 Å². The fourth-order valence-corrected chi connectivity index (χ4v) is 2.38. The van der Waals surface area contributed by atoms with Crippen molar-refractivity contribution in [1.82, 2.24) is 10.6 Å². The molecule has 3 atom stereocenters. The Labute approximate surface area is 68.7 Å². The number of hydrogen-bond acceptors (Lipinski definition) is 2. The molecule has 2 rings (SSSR count). The number of hydrogen-bond donors (Lipinski definition) is 2. The van der Waals surface area contributed by atoms with E-state index in [0.717, 1.165) is 11.8 Å². The van der Waals surface area contributed by atoms with Crippen molar-refractivity contribution in [3.63, 3.8) is 0 Å². The van der Waals surface area contributed by atoms with Crippen molar-refractivity contribution in [2.45, 2.75) is 32.4 Å². The smallest absolute Gasteiger partial charge is 0.0600 e. The summed E-state index contributed by atoms with van der Waals surface area (Å²) < 4.78 is 0. The molecule has 0 radical (unpaired) electrons. The molecule has 2 fully saturated rings. The van der Waals surface area contributed by atoms with E-state index in [1.165, 1.54) is 32.4 Å². The Morgan fingerprint density at radius 2 is 2.18 bits per heavy atom. The second-order valence-corrected chi connectivity index (χ2v) is 4.08. The molecule has 0 aromatic carbocycles. The number of fused-ring (bicyclic) bond motifs is 1. The Kier molecular flexibility index (Phi) is 2.14. The van der Waals surface area contributed by atoms with Crippen molar-refractivity contribution >= 4 is 0 Å². The highest BCUT2D eigenvalue weighted by atomic mass is 15.1. The van der Waals surface area contributed by atoms with Crippen LogP contribution < -0.4 is 10.6 Å². The van der Waals surface area contributed by atoms with E-state index in [-0.39, 0.29) is 0 Å². The summed E-state index contributed by atoms with van der Waals surface area (Å²) in [6, 6.07) is 0. The minimum atomic E-state index is 0.639. The third-order valence-electron chi connectivity index (χ3n) is 2.98. The predicted molar refractivity (Wildman–Crippen MR) is 46.3 cm³/mol. The molecular formula is C9H18N2. The average Bonchev–Trinajstić information content (AvgIpc) is 2.04. The average molecular weight is 154 g/mol. The fourth-order valence-electron chi connectivity index (χ4n) is 2.38. The van der Waals surface area contributed by atoms with Gasteiger partial charge < -0.3 is 10.6 Å². The Hall–Kier alpha value is -0.0800. The van der Waals surface area contributed by atoms with Crippen LogP contribution in [0.4, 0.5) is 0 Å². The zero-order valence-electron chi connectivity index (χ0n) is 7.27. The molecule has 0 aromatic rings. The van der Waals surface area contributed by atoms with Crippen molar-refractivity contribution in [2.75, 3.05) is 13.1 Å². The van der Waals surface area contributed by atoms with Gasteiger partial charge in [0.05, 0.1) is 6.17 Å². The van der Waals surface area contributed by atoms with Crippen LogP contribution in [0.15, 0.2) is 0 Å². The maximum absolute atomic E-state index is 3.56. The fraction of sp³-hybridized carbons (Fsp3) is 1.00. The topological polar surface area (TPSA) is 24.1 Å². The zero-order chi connectivity index (χ0) is 7.68. The van der Waals surface area contributed by atoms with Gasteiger partial charge in [-0.25, -0.2) is 0 Å². The van der Waals surface area contributed by atoms with E-state index < -0.39 is 0 Å². The molecule has 11 heavy (non-hydrogen) atoms. The third kappa shape index (κ3) is 1.57. The van der Waals surface area contributed by atoms with E-state index in [2.05, 4.69) is 17.6 Å². The van der Waals surface area contributed by atoms with Crippen molar-refractivity contribution < 1.29 is 0 Å². The van der Waals surface area contributed by atoms with Gasteiger partial charge in [0.1, 0.15) is 0 Å². The summed E-state index contributed by atoms with van der Waals surface area (Å²) >= 11 is 0. The van der Waals surface area contributed by atoms with Crippen molar-refractivity contribution in [2.24, 2.45) is 11.8 Å². The van der Waals surface area contributed by atoms with Gasteiger partial charge in [-0.15, -0.1) is 0 Å². The molecule has 0 bridgehead atoms. The molecule has 0 amide bonds. The summed E-state index contributed by atoms with van der Waals surface area (Å²) in [6.45, 7) is 4.76. The van der Waals surface area contributed by atoms with Gasteiger partial charge >= 0.3 is 0 Å². The van der Waals surface area contributed by atoms with Crippen LogP contribution in [-0.4, -0.2) is 19.3 Å². The summed E-state index contributed by atoms with van der Waals surface area (Å²) in [5, 5.41) is 7.09. The SMILES string of the molecule is CC1CNC2NCCCC2C1. The lowest BCUT2D eigenvalue weighted by Gasteiger charge is -2.39. The monoisotopic (exact) mass is 154 g/mol. The zero-order valence-corrected chi connectivity index (χ0v) is 7.27. The van der Waals surface area contributed by atoms with Gasteiger partial charge in [0.2, 0.25) is 0 Å². The first-order valence-corrected chi connectivity index (χ1v) is 4.83. The lowest BCUT2D eigenvalue weighted by atomic mass is 9.84. The first-order chi connectivity index (χ1) is 5.36. The van der Waals surface area contributed by atoms with Gasteiger partial charge in [-0.1, -0.05) is 6.92 Å². The standard InChI is InChI=1S/C9H18N2/c1-7-5-8-3-2-4-10-9(8)11-6-7/h7-11H,2-6H2,1H3. The maximum atomic E-state index is 3.56. The van der Waals surface area contributed by atoms with E-state index in [9.17, 15) is 0 Å². The van der Waals surface area contributed by atoms with E-state index in [1.807, 2.05) is 0 Å². The van der Waals surface area contributed by atoms with E-state index in [1.54, 1.807) is 0 Å².